The Balaban J connectivity index is 2.13. The number of amides is 1. The smallest absolute Gasteiger partial charge is 0.228 e. The topological polar surface area (TPSA) is 102 Å². The molecule has 0 bridgehead atoms. The highest BCUT2D eigenvalue weighted by molar-refractivity contribution is 7.92. The van der Waals surface area contributed by atoms with Gasteiger partial charge in [0.25, 0.3) is 0 Å². The van der Waals surface area contributed by atoms with Crippen LogP contribution in [0.15, 0.2) is 21.0 Å². The van der Waals surface area contributed by atoms with Crippen LogP contribution in [-0.4, -0.2) is 24.3 Å². The van der Waals surface area contributed by atoms with Crippen molar-refractivity contribution in [1.29, 1.82) is 0 Å². The third-order valence-electron chi connectivity index (χ3n) is 3.00. The first kappa shape index (κ1) is 17.6. The third kappa shape index (κ3) is 4.38. The molecule has 0 aliphatic heterocycles. The number of hydrogen-bond acceptors (Lipinski definition) is 7. The molecule has 2 rings (SSSR count). The molecule has 2 aromatic rings. The number of sulfone groups is 1. The number of carbonyl (C=O) groups is 1. The van der Waals surface area contributed by atoms with Gasteiger partial charge in [0, 0.05) is 11.8 Å². The molecule has 7 nitrogen and oxygen atoms in total. The summed E-state index contributed by atoms with van der Waals surface area (Å²) in [7, 11) is -3.61. The molecule has 0 unspecified atom stereocenters. The number of carbonyl (C=O) groups excluding carboxylic acids is 1. The van der Waals surface area contributed by atoms with Gasteiger partial charge in [-0.2, -0.15) is 0 Å². The Bertz CT molecular complexity index is 791. The number of nitrogens with zero attached hydrogens (tertiary/aromatic N) is 2. The first-order valence-corrected chi connectivity index (χ1v) is 9.60. The minimum atomic E-state index is -3.61. The van der Waals surface area contributed by atoms with E-state index in [9.17, 15) is 13.2 Å². The Morgan fingerprint density at radius 1 is 1.26 bits per heavy atom. The highest BCUT2D eigenvalue weighted by atomic mass is 32.2. The SMILES string of the molecule is CC(C)C(=O)Nc1ncc(S(=O)(=O)Cc2ncc(C(C)C)o2)s1. The molecule has 0 aliphatic carbocycles. The summed E-state index contributed by atoms with van der Waals surface area (Å²) in [5, 5.41) is 2.84. The van der Waals surface area contributed by atoms with Gasteiger partial charge in [0.05, 0.1) is 12.4 Å². The van der Waals surface area contributed by atoms with Crippen molar-refractivity contribution in [1.82, 2.24) is 9.97 Å². The Morgan fingerprint density at radius 2 is 1.96 bits per heavy atom. The minimum Gasteiger partial charge on any atom is -0.444 e. The van der Waals surface area contributed by atoms with Crippen LogP contribution in [0.25, 0.3) is 0 Å². The number of oxazole rings is 1. The third-order valence-corrected chi connectivity index (χ3v) is 6.06. The fourth-order valence-electron chi connectivity index (χ4n) is 1.60. The van der Waals surface area contributed by atoms with Gasteiger partial charge in [-0.15, -0.1) is 0 Å². The zero-order chi connectivity index (χ0) is 17.2. The van der Waals surface area contributed by atoms with Crippen LogP contribution in [-0.2, 0) is 20.4 Å². The fourth-order valence-corrected chi connectivity index (χ4v) is 3.89. The maximum absolute atomic E-state index is 12.4. The van der Waals surface area contributed by atoms with E-state index in [1.54, 1.807) is 13.8 Å². The highest BCUT2D eigenvalue weighted by Crippen LogP contribution is 2.26. The molecule has 2 heterocycles. The molecule has 0 saturated heterocycles. The van der Waals surface area contributed by atoms with Crippen LogP contribution in [0.3, 0.4) is 0 Å². The van der Waals surface area contributed by atoms with E-state index in [0.29, 0.717) is 5.76 Å². The zero-order valence-corrected chi connectivity index (χ0v) is 15.0. The molecule has 0 radical (unpaired) electrons. The van der Waals surface area contributed by atoms with Crippen molar-refractivity contribution in [3.05, 3.63) is 24.0 Å². The number of nitrogens with one attached hydrogen (secondary N) is 1. The summed E-state index contributed by atoms with van der Waals surface area (Å²) < 4.78 is 30.2. The van der Waals surface area contributed by atoms with Gasteiger partial charge in [-0.3, -0.25) is 4.79 Å². The lowest BCUT2D eigenvalue weighted by atomic mass is 10.2. The van der Waals surface area contributed by atoms with E-state index >= 15 is 0 Å². The maximum atomic E-state index is 12.4. The van der Waals surface area contributed by atoms with Crippen molar-refractivity contribution >= 4 is 32.2 Å². The summed E-state index contributed by atoms with van der Waals surface area (Å²) in [6.45, 7) is 7.36. The molecule has 0 saturated carbocycles. The van der Waals surface area contributed by atoms with Gasteiger partial charge in [-0.25, -0.2) is 18.4 Å². The van der Waals surface area contributed by atoms with Crippen LogP contribution < -0.4 is 5.32 Å². The van der Waals surface area contributed by atoms with Gasteiger partial charge in [0.2, 0.25) is 11.8 Å². The van der Waals surface area contributed by atoms with Crippen LogP contribution in [0, 0.1) is 5.92 Å². The van der Waals surface area contributed by atoms with E-state index in [1.807, 2.05) is 13.8 Å². The van der Waals surface area contributed by atoms with Crippen LogP contribution in [0.2, 0.25) is 0 Å². The molecular formula is C14H19N3O4S2. The van der Waals surface area contributed by atoms with E-state index in [-0.39, 0.29) is 38.7 Å². The Morgan fingerprint density at radius 3 is 2.52 bits per heavy atom. The molecule has 0 spiro atoms. The predicted octanol–water partition coefficient (Wildman–Crippen LogP) is 2.82. The summed E-state index contributed by atoms with van der Waals surface area (Å²) >= 11 is 0.917. The van der Waals surface area contributed by atoms with Gasteiger partial charge in [0.1, 0.15) is 15.7 Å². The Labute approximate surface area is 139 Å². The minimum absolute atomic E-state index is 0.0702. The van der Waals surface area contributed by atoms with Crippen molar-refractivity contribution in [2.24, 2.45) is 5.92 Å². The van der Waals surface area contributed by atoms with Gasteiger partial charge < -0.3 is 9.73 Å². The number of anilines is 1. The normalized spacial score (nSPS) is 12.1. The lowest BCUT2D eigenvalue weighted by Gasteiger charge is -2.03. The standard InChI is InChI=1S/C14H19N3O4S2/c1-8(2)10-5-15-11(21-10)7-23(19,20)12-6-16-14(22-12)17-13(18)9(3)4/h5-6,8-9H,7H2,1-4H3,(H,16,17,18). The molecule has 0 aliphatic rings. The van der Waals surface area contributed by atoms with Crippen LogP contribution in [0.4, 0.5) is 5.13 Å². The van der Waals surface area contributed by atoms with E-state index in [2.05, 4.69) is 15.3 Å². The second-order valence-corrected chi connectivity index (χ2v) is 8.95. The van der Waals surface area contributed by atoms with Gasteiger partial charge in [-0.05, 0) is 0 Å². The molecule has 23 heavy (non-hydrogen) atoms. The average Bonchev–Trinajstić information content (AvgIpc) is 3.07. The van der Waals surface area contributed by atoms with E-state index in [0.717, 1.165) is 11.3 Å². The van der Waals surface area contributed by atoms with Crippen LogP contribution in [0.5, 0.6) is 0 Å². The molecule has 1 amide bonds. The highest BCUT2D eigenvalue weighted by Gasteiger charge is 2.23. The first-order valence-electron chi connectivity index (χ1n) is 7.13. The molecule has 0 atom stereocenters. The molecule has 0 fully saturated rings. The monoisotopic (exact) mass is 357 g/mol. The number of thiazole rings is 1. The maximum Gasteiger partial charge on any atom is 0.228 e. The van der Waals surface area contributed by atoms with Crippen molar-refractivity contribution in [3.8, 4) is 0 Å². The van der Waals surface area contributed by atoms with E-state index in [4.69, 9.17) is 4.42 Å². The number of hydrogen-bond donors (Lipinski definition) is 1. The summed E-state index contributed by atoms with van der Waals surface area (Å²) in [5.74, 6) is 0.178. The molecule has 9 heteroatoms. The van der Waals surface area contributed by atoms with E-state index in [1.165, 1.54) is 12.4 Å². The van der Waals surface area contributed by atoms with E-state index < -0.39 is 9.84 Å². The summed E-state index contributed by atoms with van der Waals surface area (Å²) in [4.78, 5) is 19.5. The van der Waals surface area contributed by atoms with Crippen LogP contribution >= 0.6 is 11.3 Å². The van der Waals surface area contributed by atoms with Gasteiger partial charge in [0.15, 0.2) is 15.0 Å². The van der Waals surface area contributed by atoms with Crippen LogP contribution in [0.1, 0.15) is 45.3 Å². The molecule has 126 valence electrons. The van der Waals surface area contributed by atoms with Gasteiger partial charge >= 0.3 is 0 Å². The zero-order valence-electron chi connectivity index (χ0n) is 13.4. The molecular weight excluding hydrogens is 338 g/mol. The second-order valence-electron chi connectivity index (χ2n) is 5.70. The van der Waals surface area contributed by atoms with Crippen molar-refractivity contribution in [2.75, 3.05) is 5.32 Å². The Kier molecular flexibility index (Phi) is 5.20. The predicted molar refractivity (Wildman–Crippen MR) is 87.1 cm³/mol. The van der Waals surface area contributed by atoms with Crippen molar-refractivity contribution in [3.63, 3.8) is 0 Å². The lowest BCUT2D eigenvalue weighted by molar-refractivity contribution is -0.118. The summed E-state index contributed by atoms with van der Waals surface area (Å²) in [6, 6.07) is 0. The number of rotatable bonds is 6. The average molecular weight is 357 g/mol. The van der Waals surface area contributed by atoms with Crippen molar-refractivity contribution < 1.29 is 17.6 Å². The summed E-state index contributed by atoms with van der Waals surface area (Å²) in [5.41, 5.74) is 0. The summed E-state index contributed by atoms with van der Waals surface area (Å²) in [6.07, 6.45) is 2.78. The van der Waals surface area contributed by atoms with Gasteiger partial charge in [-0.1, -0.05) is 39.0 Å². The quantitative estimate of drug-likeness (QED) is 0.853. The molecule has 1 N–H and O–H groups in total. The molecule has 2 aromatic heterocycles. The Hall–Kier alpha value is -1.74. The first-order chi connectivity index (χ1) is 10.7. The molecule has 0 aromatic carbocycles. The lowest BCUT2D eigenvalue weighted by Crippen LogP contribution is -2.17. The fraction of sp³-hybridized carbons (Fsp3) is 0.500. The number of aromatic nitrogens is 2. The largest absolute Gasteiger partial charge is 0.444 e. The van der Waals surface area contributed by atoms with Crippen molar-refractivity contribution in [2.45, 2.75) is 43.6 Å². The second kappa shape index (κ2) is 6.79.